The zero-order chi connectivity index (χ0) is 19.5. The third-order valence-electron chi connectivity index (χ3n) is 5.42. The minimum atomic E-state index is 0.0743. The number of piperazine rings is 1. The van der Waals surface area contributed by atoms with Crippen molar-refractivity contribution in [2.75, 3.05) is 37.7 Å². The van der Waals surface area contributed by atoms with Gasteiger partial charge in [0.05, 0.1) is 6.10 Å². The fourth-order valence-corrected chi connectivity index (χ4v) is 3.89. The summed E-state index contributed by atoms with van der Waals surface area (Å²) in [7, 11) is 0. The van der Waals surface area contributed by atoms with Gasteiger partial charge in [-0.3, -0.25) is 4.79 Å². The Hall–Kier alpha value is -2.47. The van der Waals surface area contributed by atoms with Crippen LogP contribution in [0.25, 0.3) is 11.4 Å². The van der Waals surface area contributed by atoms with Gasteiger partial charge in [0.2, 0.25) is 5.91 Å². The van der Waals surface area contributed by atoms with Crippen LogP contribution in [0.1, 0.15) is 31.5 Å². The minimum absolute atomic E-state index is 0.0743. The van der Waals surface area contributed by atoms with Crippen molar-refractivity contribution in [2.45, 2.75) is 39.2 Å². The lowest BCUT2D eigenvalue weighted by Crippen LogP contribution is -2.50. The molecule has 6 nitrogen and oxygen atoms in total. The topological polar surface area (TPSA) is 58.6 Å². The zero-order valence-electron chi connectivity index (χ0n) is 16.7. The molecule has 2 aliphatic rings. The van der Waals surface area contributed by atoms with Gasteiger partial charge in [-0.15, -0.1) is 0 Å². The number of aryl methyl sites for hydroxylation is 1. The Balaban J connectivity index is 1.51. The van der Waals surface area contributed by atoms with E-state index in [2.05, 4.69) is 17.0 Å². The van der Waals surface area contributed by atoms with Crippen LogP contribution < -0.4 is 4.90 Å². The average molecular weight is 380 g/mol. The van der Waals surface area contributed by atoms with Crippen molar-refractivity contribution in [1.82, 2.24) is 14.9 Å². The first kappa shape index (κ1) is 18.9. The molecule has 1 aromatic heterocycles. The van der Waals surface area contributed by atoms with Crippen LogP contribution in [-0.2, 0) is 22.4 Å². The first-order valence-corrected chi connectivity index (χ1v) is 10.2. The number of hydrogen-bond acceptors (Lipinski definition) is 5. The van der Waals surface area contributed by atoms with E-state index in [9.17, 15) is 4.79 Å². The fourth-order valence-electron chi connectivity index (χ4n) is 3.89. The lowest BCUT2D eigenvalue weighted by atomic mass is 10.1. The summed E-state index contributed by atoms with van der Waals surface area (Å²) in [6, 6.07) is 10.2. The van der Waals surface area contributed by atoms with Crippen molar-refractivity contribution >= 4 is 11.7 Å². The first-order chi connectivity index (χ1) is 13.6. The van der Waals surface area contributed by atoms with Crippen molar-refractivity contribution in [3.05, 3.63) is 41.6 Å². The molecule has 148 valence electrons. The number of ether oxygens (including phenoxy) is 1. The number of carbonyl (C=O) groups is 1. The van der Waals surface area contributed by atoms with Crippen LogP contribution in [0, 0.1) is 0 Å². The van der Waals surface area contributed by atoms with E-state index in [4.69, 9.17) is 14.7 Å². The van der Waals surface area contributed by atoms with Gasteiger partial charge in [-0.05, 0) is 33.1 Å². The number of aromatic nitrogens is 2. The molecule has 6 heteroatoms. The monoisotopic (exact) mass is 380 g/mol. The number of carbonyl (C=O) groups excluding carboxylic acids is 1. The SMILES string of the molecule is CC(C)OCC(=O)N1CCN(c2nc(-c3ccccc3)nc3c2CCC3)CC1. The fraction of sp³-hybridized carbons (Fsp3) is 0.500. The Bertz CT molecular complexity index is 830. The van der Waals surface area contributed by atoms with Gasteiger partial charge >= 0.3 is 0 Å². The molecule has 1 aliphatic heterocycles. The first-order valence-electron chi connectivity index (χ1n) is 10.2. The van der Waals surface area contributed by atoms with E-state index in [0.29, 0.717) is 13.1 Å². The summed E-state index contributed by atoms with van der Waals surface area (Å²) in [5, 5.41) is 0. The number of nitrogens with zero attached hydrogens (tertiary/aromatic N) is 4. The third-order valence-corrected chi connectivity index (χ3v) is 5.42. The molecule has 0 saturated carbocycles. The lowest BCUT2D eigenvalue weighted by Gasteiger charge is -2.36. The predicted octanol–water partition coefficient (Wildman–Crippen LogP) is 2.71. The summed E-state index contributed by atoms with van der Waals surface area (Å²) in [6.45, 7) is 7.07. The van der Waals surface area contributed by atoms with Crippen LogP contribution in [-0.4, -0.2) is 59.7 Å². The molecule has 0 spiro atoms. The molecule has 2 aromatic rings. The highest BCUT2D eigenvalue weighted by atomic mass is 16.5. The molecule has 0 bridgehead atoms. The van der Waals surface area contributed by atoms with Crippen molar-refractivity contribution in [2.24, 2.45) is 0 Å². The van der Waals surface area contributed by atoms with Crippen molar-refractivity contribution in [3.8, 4) is 11.4 Å². The van der Waals surface area contributed by atoms with E-state index in [1.165, 1.54) is 11.3 Å². The minimum Gasteiger partial charge on any atom is -0.369 e. The Kier molecular flexibility index (Phi) is 5.57. The molecule has 0 N–H and O–H groups in total. The Labute approximate surface area is 166 Å². The molecule has 4 rings (SSSR count). The summed E-state index contributed by atoms with van der Waals surface area (Å²) < 4.78 is 5.47. The maximum atomic E-state index is 12.3. The van der Waals surface area contributed by atoms with E-state index in [0.717, 1.165) is 49.6 Å². The van der Waals surface area contributed by atoms with Gasteiger partial charge in [-0.2, -0.15) is 0 Å². The summed E-state index contributed by atoms with van der Waals surface area (Å²) in [5.74, 6) is 1.94. The Morgan fingerprint density at radius 3 is 2.54 bits per heavy atom. The molecule has 2 heterocycles. The molecule has 1 fully saturated rings. The van der Waals surface area contributed by atoms with Gasteiger partial charge in [0.1, 0.15) is 12.4 Å². The normalized spacial score (nSPS) is 16.5. The molecule has 0 radical (unpaired) electrons. The Morgan fingerprint density at radius 1 is 1.07 bits per heavy atom. The van der Waals surface area contributed by atoms with E-state index in [-0.39, 0.29) is 18.6 Å². The van der Waals surface area contributed by atoms with Gasteiger partial charge in [0, 0.05) is 43.0 Å². The molecule has 1 saturated heterocycles. The third kappa shape index (κ3) is 4.02. The molecule has 28 heavy (non-hydrogen) atoms. The van der Waals surface area contributed by atoms with Gasteiger partial charge in [-0.1, -0.05) is 30.3 Å². The van der Waals surface area contributed by atoms with Crippen LogP contribution in [0.2, 0.25) is 0 Å². The van der Waals surface area contributed by atoms with Gasteiger partial charge in [-0.25, -0.2) is 9.97 Å². The van der Waals surface area contributed by atoms with E-state index < -0.39 is 0 Å². The number of hydrogen-bond donors (Lipinski definition) is 0. The maximum Gasteiger partial charge on any atom is 0.248 e. The van der Waals surface area contributed by atoms with Gasteiger partial charge < -0.3 is 14.5 Å². The molecule has 1 aromatic carbocycles. The van der Waals surface area contributed by atoms with Crippen LogP contribution >= 0.6 is 0 Å². The smallest absolute Gasteiger partial charge is 0.248 e. The molecule has 1 amide bonds. The number of rotatable bonds is 5. The number of benzene rings is 1. The number of amides is 1. The summed E-state index contributed by atoms with van der Waals surface area (Å²) in [6.07, 6.45) is 3.28. The molecular formula is C22H28N4O2. The van der Waals surface area contributed by atoms with Crippen LogP contribution in [0.5, 0.6) is 0 Å². The van der Waals surface area contributed by atoms with Crippen LogP contribution in [0.4, 0.5) is 5.82 Å². The predicted molar refractivity (Wildman–Crippen MR) is 109 cm³/mol. The average Bonchev–Trinajstić information content (AvgIpc) is 3.21. The maximum absolute atomic E-state index is 12.3. The highest BCUT2D eigenvalue weighted by Gasteiger charge is 2.27. The lowest BCUT2D eigenvalue weighted by molar-refractivity contribution is -0.137. The second-order valence-electron chi connectivity index (χ2n) is 7.74. The second-order valence-corrected chi connectivity index (χ2v) is 7.74. The molecule has 0 atom stereocenters. The standard InChI is InChI=1S/C22H28N4O2/c1-16(2)28-15-20(27)25-11-13-26(14-12-25)22-18-9-6-10-19(18)23-21(24-22)17-7-4-3-5-8-17/h3-5,7-8,16H,6,9-15H2,1-2H3. The highest BCUT2D eigenvalue weighted by molar-refractivity contribution is 5.77. The largest absolute Gasteiger partial charge is 0.369 e. The second kappa shape index (κ2) is 8.27. The highest BCUT2D eigenvalue weighted by Crippen LogP contribution is 2.31. The van der Waals surface area contributed by atoms with E-state index in [1.807, 2.05) is 36.9 Å². The van der Waals surface area contributed by atoms with Crippen LogP contribution in [0.15, 0.2) is 30.3 Å². The van der Waals surface area contributed by atoms with Gasteiger partial charge in [0.25, 0.3) is 0 Å². The molecule has 0 unspecified atom stereocenters. The number of anilines is 1. The van der Waals surface area contributed by atoms with Crippen molar-refractivity contribution in [1.29, 1.82) is 0 Å². The van der Waals surface area contributed by atoms with E-state index in [1.54, 1.807) is 0 Å². The van der Waals surface area contributed by atoms with Crippen molar-refractivity contribution < 1.29 is 9.53 Å². The summed E-state index contributed by atoms with van der Waals surface area (Å²) in [5.41, 5.74) is 3.54. The van der Waals surface area contributed by atoms with E-state index >= 15 is 0 Å². The Morgan fingerprint density at radius 2 is 1.82 bits per heavy atom. The quantitative estimate of drug-likeness (QED) is 0.798. The number of fused-ring (bicyclic) bond motifs is 1. The molecular weight excluding hydrogens is 352 g/mol. The summed E-state index contributed by atoms with van der Waals surface area (Å²) in [4.78, 5) is 26.4. The zero-order valence-corrected chi connectivity index (χ0v) is 16.7. The van der Waals surface area contributed by atoms with Crippen LogP contribution in [0.3, 0.4) is 0 Å². The van der Waals surface area contributed by atoms with Crippen molar-refractivity contribution in [3.63, 3.8) is 0 Å². The molecule has 1 aliphatic carbocycles. The van der Waals surface area contributed by atoms with Gasteiger partial charge in [0.15, 0.2) is 5.82 Å². The summed E-state index contributed by atoms with van der Waals surface area (Å²) >= 11 is 0.